The Labute approximate surface area is 333 Å². The lowest BCUT2D eigenvalue weighted by Gasteiger charge is -2.27. The number of benzene rings is 8. The van der Waals surface area contributed by atoms with Crippen LogP contribution in [0.2, 0.25) is 0 Å². The molecule has 0 spiro atoms. The molecule has 1 aliphatic heterocycles. The van der Waals surface area contributed by atoms with Crippen LogP contribution >= 0.6 is 11.3 Å². The number of furan rings is 1. The minimum Gasteiger partial charge on any atom is -0.456 e. The molecule has 2 unspecified atom stereocenters. The highest BCUT2D eigenvalue weighted by Gasteiger charge is 2.32. The molecular formula is C52H35N3OS. The minimum atomic E-state index is -0.443. The molecule has 3 heterocycles. The summed E-state index contributed by atoms with van der Waals surface area (Å²) in [7, 11) is 0. The first-order chi connectivity index (χ1) is 28.2. The third kappa shape index (κ3) is 5.19. The molecule has 8 aromatic carbocycles. The second-order valence-corrected chi connectivity index (χ2v) is 16.2. The van der Waals surface area contributed by atoms with Crippen molar-refractivity contribution in [2.24, 2.45) is 9.98 Å². The number of aliphatic imine (C=N–C) groups is 2. The molecule has 0 fully saturated rings. The summed E-state index contributed by atoms with van der Waals surface area (Å²) in [5.74, 6) is 1.73. The van der Waals surface area contributed by atoms with Gasteiger partial charge in [-0.1, -0.05) is 140 Å². The quantitative estimate of drug-likeness (QED) is 0.195. The first-order valence-corrected chi connectivity index (χ1v) is 20.5. The lowest BCUT2D eigenvalue weighted by atomic mass is 9.82. The van der Waals surface area contributed by atoms with Gasteiger partial charge in [-0.3, -0.25) is 0 Å². The number of aryl methyl sites for hydroxylation is 1. The van der Waals surface area contributed by atoms with Crippen LogP contribution in [-0.2, 0) is 6.42 Å². The van der Waals surface area contributed by atoms with Crippen LogP contribution in [0.3, 0.4) is 0 Å². The van der Waals surface area contributed by atoms with Gasteiger partial charge in [-0.15, -0.1) is 11.3 Å². The van der Waals surface area contributed by atoms with Crippen molar-refractivity contribution in [1.82, 2.24) is 5.32 Å². The molecule has 0 saturated carbocycles. The van der Waals surface area contributed by atoms with E-state index in [-0.39, 0.29) is 5.92 Å². The van der Waals surface area contributed by atoms with Gasteiger partial charge in [0.2, 0.25) is 0 Å². The summed E-state index contributed by atoms with van der Waals surface area (Å²) in [5, 5.41) is 11.1. The van der Waals surface area contributed by atoms with Gasteiger partial charge in [0, 0.05) is 48.0 Å². The predicted molar refractivity (Wildman–Crippen MR) is 238 cm³/mol. The van der Waals surface area contributed by atoms with Gasteiger partial charge in [-0.2, -0.15) is 0 Å². The first-order valence-electron chi connectivity index (χ1n) is 19.7. The van der Waals surface area contributed by atoms with Crippen LogP contribution in [0.15, 0.2) is 184 Å². The fourth-order valence-corrected chi connectivity index (χ4v) is 10.6. The predicted octanol–water partition coefficient (Wildman–Crippen LogP) is 13.3. The van der Waals surface area contributed by atoms with Crippen molar-refractivity contribution in [3.63, 3.8) is 0 Å². The van der Waals surface area contributed by atoms with E-state index in [2.05, 4.69) is 169 Å². The van der Waals surface area contributed by atoms with Crippen molar-refractivity contribution in [3.8, 4) is 11.1 Å². The van der Waals surface area contributed by atoms with Crippen LogP contribution in [0.25, 0.3) is 64.0 Å². The van der Waals surface area contributed by atoms with Crippen LogP contribution in [0, 0.1) is 0 Å². The number of thiophene rings is 1. The largest absolute Gasteiger partial charge is 0.456 e. The summed E-state index contributed by atoms with van der Waals surface area (Å²) in [4.78, 5) is 10.9. The van der Waals surface area contributed by atoms with Gasteiger partial charge in [-0.05, 0) is 87.3 Å². The Bertz CT molecular complexity index is 3300. The Morgan fingerprint density at radius 1 is 0.544 bits per heavy atom. The zero-order valence-electron chi connectivity index (χ0n) is 30.9. The van der Waals surface area contributed by atoms with Crippen molar-refractivity contribution < 1.29 is 4.42 Å². The topological polar surface area (TPSA) is 49.9 Å². The maximum Gasteiger partial charge on any atom is 0.169 e. The fraction of sp³-hybridized carbons (Fsp3) is 0.0769. The van der Waals surface area contributed by atoms with Crippen LogP contribution in [-0.4, -0.2) is 11.7 Å². The number of para-hydroxylation sites is 1. The highest BCUT2D eigenvalue weighted by Crippen LogP contribution is 2.46. The van der Waals surface area contributed by atoms with E-state index in [0.717, 1.165) is 63.1 Å². The van der Waals surface area contributed by atoms with E-state index >= 15 is 0 Å². The third-order valence-electron chi connectivity index (χ3n) is 12.0. The number of amidine groups is 2. The molecule has 5 heteroatoms. The summed E-state index contributed by atoms with van der Waals surface area (Å²) in [6.45, 7) is 0. The van der Waals surface area contributed by atoms with E-state index in [1.54, 1.807) is 0 Å². The van der Waals surface area contributed by atoms with Gasteiger partial charge in [0.1, 0.15) is 22.8 Å². The average molecular weight is 750 g/mol. The van der Waals surface area contributed by atoms with Crippen molar-refractivity contribution in [1.29, 1.82) is 0 Å². The zero-order chi connectivity index (χ0) is 37.5. The van der Waals surface area contributed by atoms with Crippen LogP contribution in [0.1, 0.15) is 51.9 Å². The Morgan fingerprint density at radius 3 is 2.18 bits per heavy atom. The van der Waals surface area contributed by atoms with Crippen LogP contribution in [0.5, 0.6) is 0 Å². The number of fused-ring (bicyclic) bond motifs is 10. The van der Waals surface area contributed by atoms with Crippen molar-refractivity contribution >= 4 is 75.9 Å². The number of nitrogens with one attached hydrogen (secondary N) is 1. The molecular weight excluding hydrogens is 715 g/mol. The molecule has 1 aliphatic carbocycles. The number of nitrogens with zero attached hydrogens (tertiary/aromatic N) is 2. The van der Waals surface area contributed by atoms with Gasteiger partial charge in [-0.25, -0.2) is 9.98 Å². The maximum absolute atomic E-state index is 6.62. The SMILES string of the molecule is c1ccc(C2N=C(c3cccc4c3sc3ccccc34)NC(c3c(C4CCc5cc6ccccc6cc5-c5ccccc54)ccc4oc5ccccc5c34)=N2)cc1. The number of hydrogen-bond donors (Lipinski definition) is 1. The van der Waals surface area contributed by atoms with Gasteiger partial charge in [0.05, 0.1) is 0 Å². The van der Waals surface area contributed by atoms with E-state index in [0.29, 0.717) is 0 Å². The third-order valence-corrected chi connectivity index (χ3v) is 13.2. The summed E-state index contributed by atoms with van der Waals surface area (Å²) < 4.78 is 9.10. The molecule has 2 aliphatic rings. The Balaban J connectivity index is 1.10. The van der Waals surface area contributed by atoms with Gasteiger partial charge in [0.25, 0.3) is 0 Å². The Hall–Kier alpha value is -6.82. The molecule has 2 aromatic heterocycles. The number of rotatable bonds is 4. The standard InChI is InChI=1S/C52H35N3OS/c1-2-13-31(14-3-1)50-53-51(42-22-12-21-40-38-19-9-11-24-46(38)57-49(40)42)55-52(54-50)48-39(27-28-45-47(48)41-20-8-10-23-44(41)56-45)37-26-25-34-29-32-15-4-5-16-33(32)30-43(34)36-18-7-6-17-35(36)37/h1-24,27-30,37,50H,25-26H2,(H,53,54,55). The first kappa shape index (κ1) is 32.4. The van der Waals surface area contributed by atoms with Gasteiger partial charge >= 0.3 is 0 Å². The molecule has 270 valence electrons. The lowest BCUT2D eigenvalue weighted by Crippen LogP contribution is -2.37. The van der Waals surface area contributed by atoms with E-state index < -0.39 is 6.17 Å². The molecule has 2 atom stereocenters. The number of hydrogen-bond acceptors (Lipinski definition) is 5. The highest BCUT2D eigenvalue weighted by atomic mass is 32.1. The molecule has 0 amide bonds. The van der Waals surface area contributed by atoms with Gasteiger partial charge < -0.3 is 9.73 Å². The lowest BCUT2D eigenvalue weighted by molar-refractivity contribution is 0.667. The van der Waals surface area contributed by atoms with Crippen molar-refractivity contribution in [2.75, 3.05) is 0 Å². The summed E-state index contributed by atoms with van der Waals surface area (Å²) >= 11 is 1.82. The van der Waals surface area contributed by atoms with Crippen molar-refractivity contribution in [2.45, 2.75) is 24.9 Å². The minimum absolute atomic E-state index is 0.0952. The van der Waals surface area contributed by atoms with Crippen molar-refractivity contribution in [3.05, 3.63) is 203 Å². The normalized spacial score (nSPS) is 16.6. The van der Waals surface area contributed by atoms with Gasteiger partial charge in [0.15, 0.2) is 6.17 Å². The molecule has 0 bridgehead atoms. The highest BCUT2D eigenvalue weighted by molar-refractivity contribution is 7.26. The molecule has 1 N–H and O–H groups in total. The summed E-state index contributed by atoms with van der Waals surface area (Å²) in [6, 6.07) is 61.2. The zero-order valence-corrected chi connectivity index (χ0v) is 31.8. The van der Waals surface area contributed by atoms with E-state index in [9.17, 15) is 0 Å². The molecule has 57 heavy (non-hydrogen) atoms. The maximum atomic E-state index is 6.62. The van der Waals surface area contributed by atoms with E-state index in [1.165, 1.54) is 58.8 Å². The van der Waals surface area contributed by atoms with E-state index in [1.807, 2.05) is 17.4 Å². The molecule has 10 aromatic rings. The molecule has 4 nitrogen and oxygen atoms in total. The fourth-order valence-electron chi connectivity index (χ4n) is 9.37. The summed E-state index contributed by atoms with van der Waals surface area (Å²) in [5.41, 5.74) is 11.5. The second kappa shape index (κ2) is 12.9. The average Bonchev–Trinajstić information content (AvgIpc) is 3.80. The van der Waals surface area contributed by atoms with E-state index in [4.69, 9.17) is 14.4 Å². The summed E-state index contributed by atoms with van der Waals surface area (Å²) in [6.07, 6.45) is 1.46. The molecule has 12 rings (SSSR count). The Morgan fingerprint density at radius 2 is 1.26 bits per heavy atom. The van der Waals surface area contributed by atoms with Crippen LogP contribution in [0.4, 0.5) is 0 Å². The Kier molecular flexibility index (Phi) is 7.32. The molecule has 0 saturated heterocycles. The molecule has 0 radical (unpaired) electrons. The van der Waals surface area contributed by atoms with Crippen LogP contribution < -0.4 is 5.32 Å². The second-order valence-electron chi connectivity index (χ2n) is 15.2. The smallest absolute Gasteiger partial charge is 0.169 e. The monoisotopic (exact) mass is 749 g/mol.